The zero-order valence-electron chi connectivity index (χ0n) is 24.6. The van der Waals surface area contributed by atoms with Crippen molar-refractivity contribution < 1.29 is 33.7 Å². The summed E-state index contributed by atoms with van der Waals surface area (Å²) in [7, 11) is 1.58. The van der Waals surface area contributed by atoms with Gasteiger partial charge >= 0.3 is 5.97 Å². The Labute approximate surface area is 251 Å². The van der Waals surface area contributed by atoms with Crippen LogP contribution in [0.2, 0.25) is 0 Å². The first-order valence-electron chi connectivity index (χ1n) is 15.1. The van der Waals surface area contributed by atoms with Gasteiger partial charge in [-0.15, -0.1) is 0 Å². The molecular weight excluding hydrogens is 548 g/mol. The Morgan fingerprint density at radius 2 is 1.74 bits per heavy atom. The number of amides is 2. The normalized spacial score (nSPS) is 31.9. The number of methoxy groups -OCH3 is 1. The molecule has 2 fully saturated rings. The van der Waals surface area contributed by atoms with E-state index >= 15 is 0 Å². The number of carbonyl (C=O) groups excluding carboxylic acids is 3. The summed E-state index contributed by atoms with van der Waals surface area (Å²) in [4.78, 5) is 46.6. The van der Waals surface area contributed by atoms with Crippen LogP contribution in [-0.4, -0.2) is 71.9 Å². The van der Waals surface area contributed by atoms with Gasteiger partial charge in [-0.2, -0.15) is 0 Å². The van der Waals surface area contributed by atoms with Crippen LogP contribution in [-0.2, 0) is 23.9 Å². The number of hydrogen-bond acceptors (Lipinski definition) is 7. The van der Waals surface area contributed by atoms with Crippen molar-refractivity contribution in [1.29, 1.82) is 0 Å². The number of benzene rings is 2. The summed E-state index contributed by atoms with van der Waals surface area (Å²) in [6.45, 7) is 2.01. The highest BCUT2D eigenvalue weighted by Crippen LogP contribution is 2.59. The topological polar surface area (TPSA) is 106 Å². The molecule has 4 heterocycles. The molecule has 0 saturated carbocycles. The number of likely N-dealkylation sites (tertiary alicyclic amines) is 1. The fraction of sp³-hybridized carbons (Fsp3) is 0.441. The van der Waals surface area contributed by atoms with E-state index in [9.17, 15) is 19.5 Å². The Kier molecular flexibility index (Phi) is 7.87. The Hall–Kier alpha value is -3.95. The number of nitrogens with zero attached hydrogens (tertiary/aromatic N) is 2. The van der Waals surface area contributed by atoms with Crippen LogP contribution in [0.25, 0.3) is 0 Å². The zero-order valence-corrected chi connectivity index (χ0v) is 24.6. The molecule has 2 saturated heterocycles. The van der Waals surface area contributed by atoms with Crippen molar-refractivity contribution in [2.75, 3.05) is 31.8 Å². The predicted molar refractivity (Wildman–Crippen MR) is 159 cm³/mol. The Morgan fingerprint density at radius 1 is 0.977 bits per heavy atom. The van der Waals surface area contributed by atoms with Crippen molar-refractivity contribution in [2.24, 2.45) is 11.8 Å². The van der Waals surface area contributed by atoms with Gasteiger partial charge in [0.25, 0.3) is 5.91 Å². The number of aliphatic hydroxyl groups excluding tert-OH is 1. The van der Waals surface area contributed by atoms with Crippen molar-refractivity contribution in [3.8, 4) is 5.75 Å². The van der Waals surface area contributed by atoms with Gasteiger partial charge in [0.2, 0.25) is 5.91 Å². The van der Waals surface area contributed by atoms with E-state index in [0.29, 0.717) is 23.4 Å². The molecule has 0 radical (unpaired) electrons. The molecule has 1 spiro atoms. The van der Waals surface area contributed by atoms with Crippen LogP contribution < -0.4 is 9.64 Å². The first kappa shape index (κ1) is 29.1. The van der Waals surface area contributed by atoms with E-state index in [1.165, 1.54) is 4.90 Å². The van der Waals surface area contributed by atoms with Gasteiger partial charge in [0.1, 0.15) is 28.9 Å². The molecule has 226 valence electrons. The molecule has 6 atom stereocenters. The molecule has 43 heavy (non-hydrogen) atoms. The third-order valence-electron chi connectivity index (χ3n) is 9.40. The summed E-state index contributed by atoms with van der Waals surface area (Å²) >= 11 is 0. The molecule has 2 amide bonds. The van der Waals surface area contributed by atoms with Gasteiger partial charge in [-0.3, -0.25) is 14.4 Å². The number of rotatable bonds is 6. The number of fused-ring (bicyclic) bond motifs is 2. The molecule has 6 rings (SSSR count). The molecule has 0 aliphatic carbocycles. The third kappa shape index (κ3) is 4.66. The van der Waals surface area contributed by atoms with Crippen LogP contribution in [0.4, 0.5) is 5.69 Å². The second-order valence-corrected chi connectivity index (χ2v) is 11.6. The minimum atomic E-state index is -1.46. The Bertz CT molecular complexity index is 1420. The number of aliphatic hydroxyl groups is 1. The van der Waals surface area contributed by atoms with Crippen molar-refractivity contribution in [1.82, 2.24) is 4.90 Å². The Balaban J connectivity index is 1.54. The number of allylic oxidation sites excluding steroid dienone is 1. The highest BCUT2D eigenvalue weighted by molar-refractivity contribution is 6.05. The molecule has 4 aliphatic heterocycles. The smallest absolute Gasteiger partial charge is 0.313 e. The van der Waals surface area contributed by atoms with Crippen LogP contribution in [0.15, 0.2) is 78.9 Å². The summed E-state index contributed by atoms with van der Waals surface area (Å²) in [6, 6.07) is 14.3. The van der Waals surface area contributed by atoms with Crippen molar-refractivity contribution in [2.45, 2.75) is 55.9 Å². The average Bonchev–Trinajstić information content (AvgIpc) is 3.39. The van der Waals surface area contributed by atoms with E-state index in [-0.39, 0.29) is 19.1 Å². The number of anilines is 1. The lowest BCUT2D eigenvalue weighted by atomic mass is 9.73. The first-order valence-corrected chi connectivity index (χ1v) is 15.1. The summed E-state index contributed by atoms with van der Waals surface area (Å²) < 4.78 is 18.1. The monoisotopic (exact) mass is 586 g/mol. The lowest BCUT2D eigenvalue weighted by Gasteiger charge is -2.41. The minimum absolute atomic E-state index is 0.237. The number of cyclic esters (lactones) is 1. The fourth-order valence-corrected chi connectivity index (χ4v) is 7.34. The summed E-state index contributed by atoms with van der Waals surface area (Å²) in [5.41, 5.74) is -1.29. The van der Waals surface area contributed by atoms with E-state index in [2.05, 4.69) is 0 Å². The molecular formula is C34H38N2O7. The maximum Gasteiger partial charge on any atom is 0.313 e. The maximum atomic E-state index is 14.8. The van der Waals surface area contributed by atoms with Crippen molar-refractivity contribution >= 4 is 23.5 Å². The van der Waals surface area contributed by atoms with Crippen LogP contribution in [0.5, 0.6) is 5.75 Å². The van der Waals surface area contributed by atoms with E-state index in [0.717, 1.165) is 19.3 Å². The summed E-state index contributed by atoms with van der Waals surface area (Å²) in [6.07, 6.45) is 10.4. The van der Waals surface area contributed by atoms with Crippen LogP contribution in [0.1, 0.15) is 44.2 Å². The molecule has 9 heteroatoms. The lowest BCUT2D eigenvalue weighted by Crippen LogP contribution is -2.57. The van der Waals surface area contributed by atoms with Gasteiger partial charge in [-0.05, 0) is 55.5 Å². The van der Waals surface area contributed by atoms with E-state index in [1.807, 2.05) is 61.6 Å². The number of esters is 1. The number of ether oxygens (including phenoxy) is 3. The van der Waals surface area contributed by atoms with Gasteiger partial charge in [0.15, 0.2) is 0 Å². The van der Waals surface area contributed by atoms with Crippen LogP contribution in [0.3, 0.4) is 0 Å². The van der Waals surface area contributed by atoms with E-state index in [4.69, 9.17) is 14.2 Å². The average molecular weight is 587 g/mol. The summed E-state index contributed by atoms with van der Waals surface area (Å²) in [5.74, 6) is -2.60. The molecule has 2 aromatic rings. The van der Waals surface area contributed by atoms with Gasteiger partial charge in [0, 0.05) is 12.2 Å². The summed E-state index contributed by atoms with van der Waals surface area (Å²) in [5, 5.41) is 10.7. The molecule has 1 unspecified atom stereocenters. The van der Waals surface area contributed by atoms with Crippen LogP contribution in [0, 0.1) is 11.8 Å². The standard InChI is InChI=1S/C34H38N2O7/c1-3-33-18-9-4-5-10-21-42-32(40)28(33)27-30(38)36(26(22-37)23-12-7-6-8-13-23)29-31(39)35(20-11-19-34(27,29)43-33)24-14-16-25(41-2)17-15-24/h6-9,11-19,26-29,37H,3-5,10,20-22H2,1-2H3/b18-9-/t26-,27+,28+,29?,33-,34+/m1/s1. The third-order valence-corrected chi connectivity index (χ3v) is 9.40. The molecule has 0 bridgehead atoms. The van der Waals surface area contributed by atoms with Crippen molar-refractivity contribution in [3.05, 3.63) is 84.5 Å². The Morgan fingerprint density at radius 3 is 2.44 bits per heavy atom. The van der Waals surface area contributed by atoms with Gasteiger partial charge in [-0.25, -0.2) is 0 Å². The molecule has 4 aliphatic rings. The molecule has 9 nitrogen and oxygen atoms in total. The molecule has 2 aromatic carbocycles. The van der Waals surface area contributed by atoms with Gasteiger partial charge in [-0.1, -0.05) is 61.6 Å². The van der Waals surface area contributed by atoms with Gasteiger partial charge in [0.05, 0.1) is 32.3 Å². The SMILES string of the molecule is CC[C@@]12/C=C\CCCCOC(=O)[C@@H]1[C@H]1C(=O)N([C@H](CO)c3ccccc3)C3C(=O)N(c4ccc(OC)cc4)CC=C[C@@]31O2. The number of hydrogen-bond donors (Lipinski definition) is 1. The first-order chi connectivity index (χ1) is 20.9. The minimum Gasteiger partial charge on any atom is -0.497 e. The van der Waals surface area contributed by atoms with E-state index in [1.54, 1.807) is 36.3 Å². The largest absolute Gasteiger partial charge is 0.497 e. The zero-order chi connectivity index (χ0) is 30.2. The molecule has 0 aromatic heterocycles. The fourth-order valence-electron chi connectivity index (χ4n) is 7.34. The van der Waals surface area contributed by atoms with Gasteiger partial charge < -0.3 is 29.1 Å². The highest BCUT2D eigenvalue weighted by atomic mass is 16.6. The number of carbonyl (C=O) groups is 3. The highest BCUT2D eigenvalue weighted by Gasteiger charge is 2.76. The maximum absolute atomic E-state index is 14.8. The van der Waals surface area contributed by atoms with E-state index < -0.39 is 53.6 Å². The predicted octanol–water partition coefficient (Wildman–Crippen LogP) is 3.98. The molecule has 1 N–H and O–H groups in total. The second-order valence-electron chi connectivity index (χ2n) is 11.6. The quantitative estimate of drug-likeness (QED) is 0.403. The van der Waals surface area contributed by atoms with Crippen molar-refractivity contribution in [3.63, 3.8) is 0 Å². The lowest BCUT2D eigenvalue weighted by molar-refractivity contribution is -0.161. The van der Waals surface area contributed by atoms with Crippen LogP contribution >= 0.6 is 0 Å². The second kappa shape index (κ2) is 11.6.